The second-order valence-electron chi connectivity index (χ2n) is 9.21. The maximum atomic E-state index is 13.0. The maximum Gasteiger partial charge on any atom is 0.441 e. The molecule has 0 N–H and O–H groups in total. The van der Waals surface area contributed by atoms with Crippen molar-refractivity contribution in [1.82, 2.24) is 0 Å². The van der Waals surface area contributed by atoms with Gasteiger partial charge in [-0.2, -0.15) is 4.79 Å². The van der Waals surface area contributed by atoms with Crippen LogP contribution < -0.4 is 0 Å². The minimum absolute atomic E-state index is 0.0462. The van der Waals surface area contributed by atoms with E-state index in [1.54, 1.807) is 6.92 Å². The van der Waals surface area contributed by atoms with Crippen LogP contribution in [0.25, 0.3) is 5.53 Å². The van der Waals surface area contributed by atoms with Gasteiger partial charge in [-0.3, -0.25) is 4.79 Å². The number of benzene rings is 1. The topological polar surface area (TPSA) is 107 Å². The minimum Gasteiger partial charge on any atom is -0.457 e. The number of fused-ring (bicyclic) bond motifs is 1. The van der Waals surface area contributed by atoms with Gasteiger partial charge >= 0.3 is 11.7 Å². The minimum atomic E-state index is -0.922. The predicted molar refractivity (Wildman–Crippen MR) is 111 cm³/mol. The van der Waals surface area contributed by atoms with E-state index < -0.39 is 40.7 Å². The van der Waals surface area contributed by atoms with Crippen LogP contribution in [0.15, 0.2) is 30.3 Å². The van der Waals surface area contributed by atoms with E-state index >= 15 is 0 Å². The van der Waals surface area contributed by atoms with Crippen molar-refractivity contribution in [3.63, 3.8) is 0 Å². The molecule has 2 aliphatic carbocycles. The summed E-state index contributed by atoms with van der Waals surface area (Å²) in [6.07, 6.45) is 5.28. The first kappa shape index (κ1) is 21.5. The quantitative estimate of drug-likeness (QED) is 0.220. The number of ether oxygens (including phenoxy) is 4. The molecular formula is C24H28N2O6. The molecule has 0 spiro atoms. The summed E-state index contributed by atoms with van der Waals surface area (Å²) in [5.74, 6) is -2.47. The molecule has 170 valence electrons. The van der Waals surface area contributed by atoms with Gasteiger partial charge in [-0.25, -0.2) is 4.79 Å². The summed E-state index contributed by atoms with van der Waals surface area (Å²) in [5.41, 5.74) is 8.22. The van der Waals surface area contributed by atoms with Gasteiger partial charge in [0.1, 0.15) is 5.60 Å². The maximum absolute atomic E-state index is 13.0. The summed E-state index contributed by atoms with van der Waals surface area (Å²) in [6, 6.07) is 9.84. The Morgan fingerprint density at radius 1 is 1.12 bits per heavy atom. The summed E-state index contributed by atoms with van der Waals surface area (Å²) in [6.45, 7) is 1.72. The molecule has 4 aliphatic rings. The van der Waals surface area contributed by atoms with Crippen LogP contribution in [0.2, 0.25) is 0 Å². The van der Waals surface area contributed by atoms with Crippen LogP contribution >= 0.6 is 0 Å². The zero-order valence-corrected chi connectivity index (χ0v) is 18.2. The van der Waals surface area contributed by atoms with Crippen molar-refractivity contribution in [1.29, 1.82) is 0 Å². The average molecular weight is 440 g/mol. The smallest absolute Gasteiger partial charge is 0.441 e. The van der Waals surface area contributed by atoms with Crippen molar-refractivity contribution in [2.24, 2.45) is 5.92 Å². The fourth-order valence-corrected chi connectivity index (χ4v) is 6.44. The van der Waals surface area contributed by atoms with Gasteiger partial charge in [-0.05, 0) is 32.6 Å². The molecule has 4 fully saturated rings. The predicted octanol–water partition coefficient (Wildman–Crippen LogP) is 3.50. The Hall–Kier alpha value is -2.38. The van der Waals surface area contributed by atoms with Gasteiger partial charge < -0.3 is 24.5 Å². The molecule has 1 aromatic carbocycles. The molecule has 5 rings (SSSR count). The van der Waals surface area contributed by atoms with Gasteiger partial charge in [0.15, 0.2) is 6.29 Å². The van der Waals surface area contributed by atoms with E-state index in [0.29, 0.717) is 12.8 Å². The lowest BCUT2D eigenvalue weighted by Crippen LogP contribution is -2.54. The van der Waals surface area contributed by atoms with E-state index in [1.807, 2.05) is 30.3 Å². The van der Waals surface area contributed by atoms with Crippen LogP contribution in [-0.4, -0.2) is 45.9 Å². The summed E-state index contributed by atoms with van der Waals surface area (Å²) >= 11 is 0. The van der Waals surface area contributed by atoms with Gasteiger partial charge in [0.25, 0.3) is 5.78 Å². The van der Waals surface area contributed by atoms with Crippen LogP contribution in [0, 0.1) is 5.92 Å². The summed E-state index contributed by atoms with van der Waals surface area (Å²) < 4.78 is 24.9. The van der Waals surface area contributed by atoms with Crippen LogP contribution in [0.1, 0.15) is 70.1 Å². The first-order chi connectivity index (χ1) is 15.5. The molecule has 1 aromatic rings. The van der Waals surface area contributed by atoms with E-state index in [-0.39, 0.29) is 18.9 Å². The van der Waals surface area contributed by atoms with Gasteiger partial charge in [-0.15, -0.1) is 0 Å². The molecule has 2 saturated carbocycles. The van der Waals surface area contributed by atoms with Crippen molar-refractivity contribution < 1.29 is 33.3 Å². The van der Waals surface area contributed by atoms with E-state index in [0.717, 1.165) is 37.7 Å². The number of carbonyl (C=O) groups is 2. The molecule has 5 atom stereocenters. The van der Waals surface area contributed by atoms with E-state index in [4.69, 9.17) is 18.9 Å². The molecule has 8 heteroatoms. The Bertz CT molecular complexity index is 976. The van der Waals surface area contributed by atoms with Crippen molar-refractivity contribution in [2.75, 3.05) is 6.61 Å². The van der Waals surface area contributed by atoms with E-state index in [2.05, 4.69) is 4.79 Å². The van der Waals surface area contributed by atoms with Crippen molar-refractivity contribution in [3.05, 3.63) is 41.4 Å². The summed E-state index contributed by atoms with van der Waals surface area (Å²) in [5, 5.41) is 0. The zero-order valence-electron chi connectivity index (χ0n) is 18.2. The van der Waals surface area contributed by atoms with E-state index in [9.17, 15) is 15.1 Å². The largest absolute Gasteiger partial charge is 0.457 e. The Labute approximate surface area is 186 Å². The first-order valence-corrected chi connectivity index (χ1v) is 11.5. The lowest BCUT2D eigenvalue weighted by molar-refractivity contribution is -0.268. The summed E-state index contributed by atoms with van der Waals surface area (Å²) in [4.78, 5) is 28.1. The normalized spacial score (nSPS) is 37.2. The van der Waals surface area contributed by atoms with Crippen LogP contribution in [0.4, 0.5) is 0 Å². The highest BCUT2D eigenvalue weighted by molar-refractivity contribution is 6.62. The average Bonchev–Trinajstić information content (AvgIpc) is 3.39. The summed E-state index contributed by atoms with van der Waals surface area (Å²) in [7, 11) is 0. The second-order valence-corrected chi connectivity index (χ2v) is 9.21. The monoisotopic (exact) mass is 440 g/mol. The SMILES string of the molecule is CCOC(=O)C(=[N+]=[N-])C(=O)C[C@]12CCC[C@H]1[C@@]13CCCC[C@@]1(O[C@H](c1ccccc1)O3)O2. The lowest BCUT2D eigenvalue weighted by atomic mass is 9.69. The fourth-order valence-electron chi connectivity index (χ4n) is 6.44. The Kier molecular flexibility index (Phi) is 5.29. The highest BCUT2D eigenvalue weighted by atomic mass is 16.8. The van der Waals surface area contributed by atoms with Gasteiger partial charge in [0.05, 0.1) is 12.2 Å². The molecule has 0 unspecified atom stereocenters. The molecule has 0 amide bonds. The number of hydrogen-bond acceptors (Lipinski definition) is 6. The number of rotatable bonds is 6. The lowest BCUT2D eigenvalue weighted by Gasteiger charge is -2.41. The molecule has 2 heterocycles. The highest BCUT2D eigenvalue weighted by Gasteiger charge is 2.78. The Morgan fingerprint density at radius 2 is 1.91 bits per heavy atom. The van der Waals surface area contributed by atoms with Gasteiger partial charge in [0, 0.05) is 24.3 Å². The third-order valence-corrected chi connectivity index (χ3v) is 7.59. The van der Waals surface area contributed by atoms with Crippen molar-refractivity contribution in [3.8, 4) is 0 Å². The third-order valence-electron chi connectivity index (χ3n) is 7.59. The van der Waals surface area contributed by atoms with Crippen LogP contribution in [0.3, 0.4) is 0 Å². The zero-order chi connectivity index (χ0) is 22.4. The Balaban J connectivity index is 1.47. The van der Waals surface area contributed by atoms with Gasteiger partial charge in [-0.1, -0.05) is 43.2 Å². The number of nitrogens with zero attached hydrogens (tertiary/aromatic N) is 2. The first-order valence-electron chi connectivity index (χ1n) is 11.5. The van der Waals surface area contributed by atoms with Crippen LogP contribution in [-0.2, 0) is 28.5 Å². The second kappa shape index (κ2) is 7.89. The standard InChI is InChI=1S/C24H28N2O6/c1-2-29-20(28)19(26-25)17(27)15-22-12-8-11-18(22)23-13-6-7-14-24(23,32-22)31-21(30-23)16-9-4-3-5-10-16/h3-5,9-10,18,21H,2,6-8,11-15H2,1H3/t18-,21-,22-,23+,24-/m1/s1. The highest BCUT2D eigenvalue weighted by Crippen LogP contribution is 2.69. The number of ketones is 1. The molecule has 32 heavy (non-hydrogen) atoms. The molecule has 2 aliphatic heterocycles. The number of carbonyl (C=O) groups excluding carboxylic acids is 2. The van der Waals surface area contributed by atoms with Gasteiger partial charge in [0.2, 0.25) is 5.79 Å². The molecule has 0 bridgehead atoms. The molecule has 0 radical (unpaired) electrons. The molecule has 0 aromatic heterocycles. The number of hydrogen-bond donors (Lipinski definition) is 0. The third kappa shape index (κ3) is 3.01. The molecule has 2 saturated heterocycles. The van der Waals surface area contributed by atoms with E-state index in [1.165, 1.54) is 0 Å². The van der Waals surface area contributed by atoms with Crippen LogP contribution in [0.5, 0.6) is 0 Å². The number of Topliss-reactive ketones (excluding diaryl/α,β-unsaturated/α-hetero) is 1. The van der Waals surface area contributed by atoms with Crippen molar-refractivity contribution in [2.45, 2.75) is 81.6 Å². The molecule has 8 nitrogen and oxygen atoms in total. The van der Waals surface area contributed by atoms with Crippen molar-refractivity contribution >= 4 is 17.5 Å². The fraction of sp³-hybridized carbons (Fsp3) is 0.625. The number of esters is 1. The molecular weight excluding hydrogens is 412 g/mol. The Morgan fingerprint density at radius 3 is 2.66 bits per heavy atom.